The van der Waals surface area contributed by atoms with E-state index in [0.29, 0.717) is 24.0 Å². The number of fused-ring (bicyclic) bond motifs is 1. The lowest BCUT2D eigenvalue weighted by Crippen LogP contribution is -2.50. The molecule has 0 heterocycles. The summed E-state index contributed by atoms with van der Waals surface area (Å²) in [5, 5.41) is 61.2. The summed E-state index contributed by atoms with van der Waals surface area (Å²) in [5.74, 6) is -5.06. The van der Waals surface area contributed by atoms with Gasteiger partial charge in [0.2, 0.25) is 5.91 Å². The molecule has 22 heteroatoms. The topological polar surface area (TPSA) is 319 Å². The van der Waals surface area contributed by atoms with Crippen molar-refractivity contribution in [2.24, 2.45) is 16.7 Å². The van der Waals surface area contributed by atoms with Gasteiger partial charge in [-0.2, -0.15) is 0 Å². The lowest BCUT2D eigenvalue weighted by Gasteiger charge is -2.40. The molecule has 7 N–H and O–H groups in total. The van der Waals surface area contributed by atoms with Gasteiger partial charge in [-0.3, -0.25) is 28.8 Å². The molecule has 6 unspecified atom stereocenters. The normalized spacial score (nSPS) is 22.4. The highest BCUT2D eigenvalue weighted by Crippen LogP contribution is 2.65. The van der Waals surface area contributed by atoms with Gasteiger partial charge in [-0.25, -0.2) is 0 Å². The van der Waals surface area contributed by atoms with E-state index >= 15 is 0 Å². The smallest absolute Gasteiger partial charge is 0.326 e. The largest absolute Gasteiger partial charge is 0.481 e. The van der Waals surface area contributed by atoms with Gasteiger partial charge in [0, 0.05) is 48.0 Å². The number of esters is 3. The summed E-state index contributed by atoms with van der Waals surface area (Å²) in [5.41, 5.74) is -1.38. The Labute approximate surface area is 371 Å². The number of carboxylic acid groups (broad SMARTS) is 1. The Morgan fingerprint density at radius 2 is 1.30 bits per heavy atom. The highest BCUT2D eigenvalue weighted by Gasteiger charge is 2.66. The van der Waals surface area contributed by atoms with Crippen LogP contribution >= 0.6 is 0 Å². The van der Waals surface area contributed by atoms with Crippen LogP contribution in [0.4, 0.5) is 0 Å². The average molecular weight is 920 g/mol. The Kier molecular flexibility index (Phi) is 21.3. The first kappa shape index (κ1) is 54.4. The second-order valence-electron chi connectivity index (χ2n) is 16.7. The molecule has 0 aliphatic heterocycles. The number of hydrogen-bond acceptors (Lipinski definition) is 20. The number of amides is 1. The van der Waals surface area contributed by atoms with Crippen LogP contribution < -0.4 is 5.32 Å². The van der Waals surface area contributed by atoms with Gasteiger partial charge in [0.25, 0.3) is 0 Å². The van der Waals surface area contributed by atoms with Crippen molar-refractivity contribution >= 4 is 35.6 Å². The lowest BCUT2D eigenvalue weighted by atomic mass is 9.67. The number of ether oxygens (including phenoxy) is 9. The number of methoxy groups -OCH3 is 1. The van der Waals surface area contributed by atoms with E-state index in [1.165, 1.54) is 14.0 Å². The van der Waals surface area contributed by atoms with E-state index in [0.717, 1.165) is 5.57 Å². The van der Waals surface area contributed by atoms with Crippen LogP contribution in [0.25, 0.3) is 0 Å². The van der Waals surface area contributed by atoms with E-state index in [1.54, 1.807) is 26.8 Å². The Hall–Kier alpha value is -3.94. The average Bonchev–Trinajstić information content (AvgIpc) is 4.04. The summed E-state index contributed by atoms with van der Waals surface area (Å²) in [4.78, 5) is 74.4. The standard InChI is InChI=1S/C42H65NO21/c1-24(15-44)19-59-34(18-47)62-26(16-45)21-61-36(63-27(17-46)20-60-35(56-6)22-57-32(52)10-8-30(49)50)23-58-31(51)9-7-29(48)43-14-33(53)64-39-37-25(2)42(11-12-42)41(5,55)38(54)28(37)13-40(39,3)4/h13,24,26-27,34-36,39,44-47,55H,7-12,14-23H2,1-6H3,(H,43,48)(H,49,50)/t24?,26?,27?,34?,35?,36?,39-,41+/m1/s1. The molecular weight excluding hydrogens is 854 g/mol. The quantitative estimate of drug-likeness (QED) is 0.0254. The van der Waals surface area contributed by atoms with Crippen LogP contribution in [-0.4, -0.2) is 182 Å². The molecule has 0 saturated heterocycles. The predicted octanol–water partition coefficient (Wildman–Crippen LogP) is -0.807. The summed E-state index contributed by atoms with van der Waals surface area (Å²) in [6.07, 6.45) is -5.70. The minimum atomic E-state index is -1.57. The van der Waals surface area contributed by atoms with E-state index < -0.39 is 161 Å². The van der Waals surface area contributed by atoms with Crippen molar-refractivity contribution in [3.05, 3.63) is 22.8 Å². The number of hydrogen-bond donors (Lipinski definition) is 7. The van der Waals surface area contributed by atoms with Crippen LogP contribution in [0.5, 0.6) is 0 Å². The Balaban J connectivity index is 1.56. The number of aliphatic carboxylic acids is 1. The molecule has 8 atom stereocenters. The fourth-order valence-electron chi connectivity index (χ4n) is 7.15. The molecule has 1 saturated carbocycles. The first-order valence-electron chi connectivity index (χ1n) is 21.0. The molecule has 3 aliphatic rings. The maximum Gasteiger partial charge on any atom is 0.326 e. The molecule has 0 aromatic carbocycles. The Morgan fingerprint density at radius 3 is 1.83 bits per heavy atom. The summed E-state index contributed by atoms with van der Waals surface area (Å²) in [6, 6.07) is 0. The Bertz CT molecular complexity index is 1670. The van der Waals surface area contributed by atoms with E-state index in [2.05, 4.69) is 5.32 Å². The van der Waals surface area contributed by atoms with Gasteiger partial charge in [0.15, 0.2) is 24.7 Å². The van der Waals surface area contributed by atoms with Crippen LogP contribution in [0, 0.1) is 16.7 Å². The van der Waals surface area contributed by atoms with E-state index in [1.807, 2.05) is 6.92 Å². The highest BCUT2D eigenvalue weighted by atomic mass is 16.7. The molecule has 64 heavy (non-hydrogen) atoms. The number of nitrogens with one attached hydrogen (secondary N) is 1. The van der Waals surface area contributed by atoms with E-state index in [4.69, 9.17) is 47.7 Å². The first-order valence-corrected chi connectivity index (χ1v) is 21.0. The van der Waals surface area contributed by atoms with Gasteiger partial charge in [0.1, 0.15) is 43.7 Å². The summed E-state index contributed by atoms with van der Waals surface area (Å²) in [7, 11) is 1.24. The number of ketones is 1. The van der Waals surface area contributed by atoms with Crippen LogP contribution in [0.15, 0.2) is 22.8 Å². The molecule has 1 amide bonds. The third kappa shape index (κ3) is 15.3. The fraction of sp³-hybridized carbons (Fsp3) is 0.762. The number of aliphatic hydroxyl groups is 5. The van der Waals surface area contributed by atoms with Gasteiger partial charge in [0.05, 0.1) is 58.9 Å². The van der Waals surface area contributed by atoms with Crippen LogP contribution in [0.2, 0.25) is 0 Å². The SMILES string of the molecule is COC(COC(=O)CCC(=O)O)OCC(CO)OC(COC(=O)CCC(=O)NCC(=O)O[C@@H]1C2=C(C)C3(CC3)[C@@](C)(O)C(=O)C2=CC1(C)C)OCC(CO)OC(CO)OCC(C)CO. The molecular formula is C42H65NO21. The van der Waals surface area contributed by atoms with Gasteiger partial charge in [-0.15, -0.1) is 0 Å². The minimum Gasteiger partial charge on any atom is -0.481 e. The van der Waals surface area contributed by atoms with E-state index in [9.17, 15) is 54.3 Å². The summed E-state index contributed by atoms with van der Waals surface area (Å²) >= 11 is 0. The number of Topliss-reactive ketones (excluding diaryl/α,β-unsaturated/α-hetero) is 1. The van der Waals surface area contributed by atoms with Crippen molar-refractivity contribution in [2.75, 3.05) is 73.1 Å². The minimum absolute atomic E-state index is 0.0254. The van der Waals surface area contributed by atoms with Crippen LogP contribution in [0.3, 0.4) is 0 Å². The van der Waals surface area contributed by atoms with Crippen molar-refractivity contribution in [2.45, 2.75) is 116 Å². The van der Waals surface area contributed by atoms with Crippen molar-refractivity contribution in [3.8, 4) is 0 Å². The summed E-state index contributed by atoms with van der Waals surface area (Å²) in [6.45, 7) is 4.17. The zero-order chi connectivity index (χ0) is 47.8. The zero-order valence-electron chi connectivity index (χ0n) is 37.2. The van der Waals surface area contributed by atoms with Gasteiger partial charge < -0.3 is 78.6 Å². The molecule has 3 rings (SSSR count). The highest BCUT2D eigenvalue weighted by molar-refractivity contribution is 6.09. The third-order valence-electron chi connectivity index (χ3n) is 11.1. The molecule has 1 fully saturated rings. The molecule has 0 aromatic rings. The molecule has 3 aliphatic carbocycles. The fourth-order valence-corrected chi connectivity index (χ4v) is 7.15. The van der Waals surface area contributed by atoms with Crippen molar-refractivity contribution in [1.29, 1.82) is 0 Å². The first-order chi connectivity index (χ1) is 30.2. The number of rotatable bonds is 31. The molecule has 1 spiro atoms. The second-order valence-corrected chi connectivity index (χ2v) is 16.7. The molecule has 0 radical (unpaired) electrons. The van der Waals surface area contributed by atoms with Gasteiger partial charge >= 0.3 is 23.9 Å². The predicted molar refractivity (Wildman–Crippen MR) is 216 cm³/mol. The van der Waals surface area contributed by atoms with Gasteiger partial charge in [-0.1, -0.05) is 32.4 Å². The van der Waals surface area contributed by atoms with Crippen LogP contribution in [0.1, 0.15) is 73.1 Å². The van der Waals surface area contributed by atoms with E-state index in [-0.39, 0.29) is 25.6 Å². The maximum absolute atomic E-state index is 13.3. The number of carbonyl (C=O) groups excluding carboxylic acids is 5. The Morgan fingerprint density at radius 1 is 0.750 bits per heavy atom. The second kappa shape index (κ2) is 25.1. The monoisotopic (exact) mass is 919 g/mol. The van der Waals surface area contributed by atoms with Crippen molar-refractivity contribution < 1.29 is 102 Å². The number of aliphatic hydroxyl groups excluding tert-OH is 4. The number of carboxylic acids is 1. The van der Waals surface area contributed by atoms with Gasteiger partial charge in [-0.05, 0) is 26.7 Å². The maximum atomic E-state index is 13.3. The third-order valence-corrected chi connectivity index (χ3v) is 11.1. The lowest BCUT2D eigenvalue weighted by molar-refractivity contribution is -0.251. The summed E-state index contributed by atoms with van der Waals surface area (Å²) < 4.78 is 49.2. The molecule has 0 bridgehead atoms. The number of carbonyl (C=O) groups is 6. The van der Waals surface area contributed by atoms with Crippen molar-refractivity contribution in [1.82, 2.24) is 5.32 Å². The van der Waals surface area contributed by atoms with Crippen LogP contribution in [-0.2, 0) is 71.4 Å². The van der Waals surface area contributed by atoms with Crippen molar-refractivity contribution in [3.63, 3.8) is 0 Å². The molecule has 0 aromatic heterocycles. The molecule has 22 nitrogen and oxygen atoms in total. The zero-order valence-corrected chi connectivity index (χ0v) is 37.2. The molecule has 364 valence electrons.